The molecule has 0 amide bonds. The van der Waals surface area contributed by atoms with Crippen LogP contribution in [0.2, 0.25) is 0 Å². The maximum atomic E-state index is 15.3. The third-order valence-corrected chi connectivity index (χ3v) is 5.94. The van der Waals surface area contributed by atoms with Crippen molar-refractivity contribution in [3.63, 3.8) is 0 Å². The zero-order chi connectivity index (χ0) is 25.2. The molecule has 11 heteroatoms. The second-order valence-corrected chi connectivity index (χ2v) is 8.48. The van der Waals surface area contributed by atoms with Gasteiger partial charge in [0.1, 0.15) is 28.1 Å². The van der Waals surface area contributed by atoms with Gasteiger partial charge in [-0.1, -0.05) is 0 Å². The van der Waals surface area contributed by atoms with Gasteiger partial charge in [0.25, 0.3) is 0 Å². The maximum Gasteiger partial charge on any atom is 0.433 e. The summed E-state index contributed by atoms with van der Waals surface area (Å²) >= 11 is 0. The second-order valence-electron chi connectivity index (χ2n) is 8.48. The van der Waals surface area contributed by atoms with Crippen molar-refractivity contribution in [2.75, 3.05) is 43.4 Å². The molecule has 4 aromatic rings. The highest BCUT2D eigenvalue weighted by Crippen LogP contribution is 2.31. The van der Waals surface area contributed by atoms with Crippen molar-refractivity contribution in [2.45, 2.75) is 0 Å². The highest BCUT2D eigenvalue weighted by atomic mass is 19.1. The Kier molecular flexibility index (Phi) is 6.21. The lowest BCUT2D eigenvalue weighted by Crippen LogP contribution is -2.44. The van der Waals surface area contributed by atoms with Crippen molar-refractivity contribution in [3.8, 4) is 5.75 Å². The van der Waals surface area contributed by atoms with Crippen LogP contribution in [0, 0.1) is 15.9 Å². The molecule has 1 fully saturated rings. The number of phenolic OH excluding ortho intramolecular Hbond substituents is 1. The average Bonchev–Trinajstić information content (AvgIpc) is 3.34. The zero-order valence-corrected chi connectivity index (χ0v) is 19.4. The number of aromatic hydroxyl groups is 1. The Morgan fingerprint density at radius 2 is 1.83 bits per heavy atom. The number of nitrogens with one attached hydrogen (secondary N) is 1. The minimum atomic E-state index is -0.613. The molecule has 0 spiro atoms. The molecule has 0 radical (unpaired) electrons. The Balaban J connectivity index is 1.56. The number of likely N-dealkylation sites (N-methyl/N-ethyl adjacent to an activating group) is 1. The molecular formula is C25H23FN6O4. The van der Waals surface area contributed by atoms with E-state index >= 15 is 4.39 Å². The van der Waals surface area contributed by atoms with E-state index < -0.39 is 4.92 Å². The summed E-state index contributed by atoms with van der Waals surface area (Å²) in [5.74, 6) is 0.341. The van der Waals surface area contributed by atoms with E-state index in [0.29, 0.717) is 47.0 Å². The molecule has 3 heterocycles. The molecule has 5 rings (SSSR count). The number of rotatable bonds is 6. The van der Waals surface area contributed by atoms with Crippen LogP contribution in [-0.2, 0) is 0 Å². The number of hydrogen-bond acceptors (Lipinski definition) is 9. The van der Waals surface area contributed by atoms with Crippen LogP contribution in [0.4, 0.5) is 27.5 Å². The topological polar surface area (TPSA) is 121 Å². The molecule has 1 saturated heterocycles. The highest BCUT2D eigenvalue weighted by Gasteiger charge is 2.20. The number of aromatic nitrogens is 2. The maximum absolute atomic E-state index is 15.3. The van der Waals surface area contributed by atoms with E-state index in [1.54, 1.807) is 24.3 Å². The van der Waals surface area contributed by atoms with Gasteiger partial charge in [-0.2, -0.15) is 0 Å². The van der Waals surface area contributed by atoms with Gasteiger partial charge in [-0.15, -0.1) is 0 Å². The SMILES string of the molecule is CN1CCN(c2cc3nc(C=Cc4ccc([N+](=O)[O-])o4)nc(Nc4ccc(O)cc4)c3cc2F)CC1. The summed E-state index contributed by atoms with van der Waals surface area (Å²) in [5.41, 5.74) is 1.65. The van der Waals surface area contributed by atoms with Gasteiger partial charge in [-0.25, -0.2) is 14.4 Å². The first kappa shape index (κ1) is 23.2. The summed E-state index contributed by atoms with van der Waals surface area (Å²) in [6, 6.07) is 12.3. The van der Waals surface area contributed by atoms with E-state index in [2.05, 4.69) is 20.2 Å². The number of fused-ring (bicyclic) bond motifs is 1. The van der Waals surface area contributed by atoms with Gasteiger partial charge in [-0.3, -0.25) is 10.1 Å². The Bertz CT molecular complexity index is 1450. The molecular weight excluding hydrogens is 467 g/mol. The zero-order valence-electron chi connectivity index (χ0n) is 19.4. The van der Waals surface area contributed by atoms with E-state index in [1.165, 1.54) is 36.4 Å². The molecule has 10 nitrogen and oxygen atoms in total. The monoisotopic (exact) mass is 490 g/mol. The quantitative estimate of drug-likeness (QED) is 0.226. The Morgan fingerprint density at radius 1 is 1.08 bits per heavy atom. The average molecular weight is 490 g/mol. The van der Waals surface area contributed by atoms with E-state index in [-0.39, 0.29) is 23.2 Å². The van der Waals surface area contributed by atoms with Crippen LogP contribution in [0.15, 0.2) is 52.9 Å². The summed E-state index contributed by atoms with van der Waals surface area (Å²) in [4.78, 5) is 23.6. The lowest BCUT2D eigenvalue weighted by Gasteiger charge is -2.34. The smallest absolute Gasteiger partial charge is 0.433 e. The summed E-state index contributed by atoms with van der Waals surface area (Å²) in [6.45, 7) is 3.07. The predicted octanol–water partition coefficient (Wildman–Crippen LogP) is 4.64. The van der Waals surface area contributed by atoms with Gasteiger partial charge in [0.15, 0.2) is 5.82 Å². The van der Waals surface area contributed by atoms with Gasteiger partial charge in [0.05, 0.1) is 17.3 Å². The first-order valence-corrected chi connectivity index (χ1v) is 11.3. The van der Waals surface area contributed by atoms with Crippen LogP contribution in [0.3, 0.4) is 0 Å². The summed E-state index contributed by atoms with van der Waals surface area (Å²) in [5, 5.41) is 24.1. The largest absolute Gasteiger partial charge is 0.508 e. The minimum absolute atomic E-state index is 0.118. The molecule has 1 aliphatic heterocycles. The van der Waals surface area contributed by atoms with Crippen molar-refractivity contribution in [1.82, 2.24) is 14.9 Å². The van der Waals surface area contributed by atoms with E-state index in [9.17, 15) is 15.2 Å². The van der Waals surface area contributed by atoms with Crippen molar-refractivity contribution < 1.29 is 18.8 Å². The predicted molar refractivity (Wildman–Crippen MR) is 135 cm³/mol. The molecule has 36 heavy (non-hydrogen) atoms. The van der Waals surface area contributed by atoms with Gasteiger partial charge in [0.2, 0.25) is 0 Å². The number of benzene rings is 2. The number of phenols is 1. The number of nitro groups is 1. The van der Waals surface area contributed by atoms with E-state index in [4.69, 9.17) is 4.42 Å². The molecule has 2 N–H and O–H groups in total. The molecule has 0 bridgehead atoms. The van der Waals surface area contributed by atoms with Crippen molar-refractivity contribution in [3.05, 3.63) is 76.0 Å². The number of anilines is 3. The summed E-state index contributed by atoms with van der Waals surface area (Å²) < 4.78 is 20.4. The third-order valence-electron chi connectivity index (χ3n) is 5.94. The van der Waals surface area contributed by atoms with E-state index in [1.807, 2.05) is 11.9 Å². The fourth-order valence-corrected chi connectivity index (χ4v) is 3.98. The highest BCUT2D eigenvalue weighted by molar-refractivity contribution is 5.94. The van der Waals surface area contributed by atoms with Crippen LogP contribution in [0.25, 0.3) is 23.1 Å². The lowest BCUT2D eigenvalue weighted by atomic mass is 10.1. The first-order valence-electron chi connectivity index (χ1n) is 11.3. The molecule has 0 saturated carbocycles. The van der Waals surface area contributed by atoms with Gasteiger partial charge in [-0.05, 0) is 61.7 Å². The van der Waals surface area contributed by atoms with Gasteiger partial charge >= 0.3 is 5.88 Å². The Labute approximate surface area is 205 Å². The van der Waals surface area contributed by atoms with Crippen LogP contribution >= 0.6 is 0 Å². The van der Waals surface area contributed by atoms with Crippen LogP contribution in [-0.4, -0.2) is 58.1 Å². The molecule has 2 aromatic carbocycles. The van der Waals surface area contributed by atoms with Crippen molar-refractivity contribution >= 4 is 46.1 Å². The minimum Gasteiger partial charge on any atom is -0.508 e. The number of piperazine rings is 1. The van der Waals surface area contributed by atoms with E-state index in [0.717, 1.165) is 13.1 Å². The summed E-state index contributed by atoms with van der Waals surface area (Å²) in [7, 11) is 2.04. The molecule has 184 valence electrons. The molecule has 1 aliphatic rings. The molecule has 0 unspecified atom stereocenters. The van der Waals surface area contributed by atoms with Crippen LogP contribution in [0.1, 0.15) is 11.6 Å². The van der Waals surface area contributed by atoms with Crippen molar-refractivity contribution in [1.29, 1.82) is 0 Å². The fourth-order valence-electron chi connectivity index (χ4n) is 3.98. The fraction of sp³-hybridized carbons (Fsp3) is 0.200. The summed E-state index contributed by atoms with van der Waals surface area (Å²) in [6.07, 6.45) is 3.10. The van der Waals surface area contributed by atoms with Gasteiger partial charge in [0, 0.05) is 37.3 Å². The lowest BCUT2D eigenvalue weighted by molar-refractivity contribution is -0.402. The first-order chi connectivity index (χ1) is 17.4. The Hall–Kier alpha value is -4.51. The number of furan rings is 1. The van der Waals surface area contributed by atoms with Crippen molar-refractivity contribution in [2.24, 2.45) is 0 Å². The number of nitrogens with zero attached hydrogens (tertiary/aromatic N) is 5. The Morgan fingerprint density at radius 3 is 2.53 bits per heavy atom. The number of halogens is 1. The standard InChI is InChI=1S/C25H23FN6O4/c1-30-10-12-31(13-11-30)22-15-21-19(14-20(22)26)25(27-16-2-4-17(33)5-3-16)29-23(28-21)8-6-18-7-9-24(36-18)32(34)35/h2-9,14-15,33H,10-13H2,1H3,(H,27,28,29). The number of hydrogen-bond donors (Lipinski definition) is 2. The molecule has 2 aromatic heterocycles. The second kappa shape index (κ2) is 9.62. The third kappa shape index (κ3) is 4.96. The van der Waals surface area contributed by atoms with Gasteiger partial charge < -0.3 is 24.6 Å². The van der Waals surface area contributed by atoms with Crippen LogP contribution in [0.5, 0.6) is 5.75 Å². The molecule has 0 atom stereocenters. The van der Waals surface area contributed by atoms with Crippen LogP contribution < -0.4 is 10.2 Å². The normalized spacial score (nSPS) is 14.6. The molecule has 0 aliphatic carbocycles.